The molecule has 1 saturated heterocycles. The molecular formula is C70H134N2O9. The van der Waals surface area contributed by atoms with Gasteiger partial charge in [0.25, 0.3) is 0 Å². The van der Waals surface area contributed by atoms with Gasteiger partial charge in [0.1, 0.15) is 12.1 Å². The van der Waals surface area contributed by atoms with Crippen molar-refractivity contribution in [2.45, 2.75) is 380 Å². The summed E-state index contributed by atoms with van der Waals surface area (Å²) in [5, 5.41) is 0. The summed E-state index contributed by atoms with van der Waals surface area (Å²) in [6.07, 6.45) is 53.2. The molecule has 1 rings (SSSR count). The molecule has 0 amide bonds. The number of piperidine rings is 1. The lowest BCUT2D eigenvalue weighted by atomic mass is 9.97. The van der Waals surface area contributed by atoms with Gasteiger partial charge in [-0.3, -0.25) is 24.1 Å². The predicted molar refractivity (Wildman–Crippen MR) is 339 cm³/mol. The summed E-state index contributed by atoms with van der Waals surface area (Å²) >= 11 is 0. The van der Waals surface area contributed by atoms with Crippen LogP contribution in [0.25, 0.3) is 0 Å². The highest BCUT2D eigenvalue weighted by Crippen LogP contribution is 2.34. The Labute approximate surface area is 501 Å². The van der Waals surface area contributed by atoms with Gasteiger partial charge in [0, 0.05) is 45.2 Å². The number of esters is 4. The summed E-state index contributed by atoms with van der Waals surface area (Å²) in [6, 6.07) is -0.475. The maximum atomic E-state index is 14.0. The smallest absolute Gasteiger partial charge is 0.323 e. The Morgan fingerprint density at radius 3 is 1.35 bits per heavy atom. The minimum absolute atomic E-state index is 0.111. The summed E-state index contributed by atoms with van der Waals surface area (Å²) in [7, 11) is 3.88. The molecule has 478 valence electrons. The summed E-state index contributed by atoms with van der Waals surface area (Å²) in [4.78, 5) is 57.2. The fourth-order valence-corrected chi connectivity index (χ4v) is 11.6. The van der Waals surface area contributed by atoms with E-state index < -0.39 is 11.8 Å². The maximum absolute atomic E-state index is 14.0. The molecule has 11 heteroatoms. The van der Waals surface area contributed by atoms with Crippen LogP contribution in [0.5, 0.6) is 0 Å². The zero-order chi connectivity index (χ0) is 59.1. The van der Waals surface area contributed by atoms with Gasteiger partial charge in [0.15, 0.2) is 0 Å². The van der Waals surface area contributed by atoms with E-state index in [4.69, 9.17) is 23.7 Å². The van der Waals surface area contributed by atoms with Gasteiger partial charge in [-0.1, -0.05) is 253 Å². The van der Waals surface area contributed by atoms with E-state index in [-0.39, 0.29) is 36.1 Å². The normalized spacial score (nSPS) is 15.0. The van der Waals surface area contributed by atoms with E-state index in [0.717, 1.165) is 122 Å². The second-order valence-electron chi connectivity index (χ2n) is 25.1. The molecule has 1 fully saturated rings. The Balaban J connectivity index is 2.85. The fraction of sp³-hybridized carbons (Fsp3) is 0.943. The van der Waals surface area contributed by atoms with E-state index in [2.05, 4.69) is 39.5 Å². The van der Waals surface area contributed by atoms with Crippen molar-refractivity contribution in [3.63, 3.8) is 0 Å². The van der Waals surface area contributed by atoms with Crippen molar-refractivity contribution < 1.29 is 42.9 Å². The third-order valence-electron chi connectivity index (χ3n) is 16.9. The van der Waals surface area contributed by atoms with Crippen molar-refractivity contribution >= 4 is 23.9 Å². The van der Waals surface area contributed by atoms with Crippen LogP contribution in [-0.2, 0) is 42.9 Å². The van der Waals surface area contributed by atoms with Crippen LogP contribution in [0, 0.1) is 0 Å². The second-order valence-corrected chi connectivity index (χ2v) is 25.1. The number of unbranched alkanes of at least 4 members (excludes halogenated alkanes) is 34. The summed E-state index contributed by atoms with van der Waals surface area (Å²) in [5.74, 6) is -1.56. The van der Waals surface area contributed by atoms with Crippen LogP contribution in [0.2, 0.25) is 0 Å². The molecule has 11 nitrogen and oxygen atoms in total. The van der Waals surface area contributed by atoms with Crippen molar-refractivity contribution in [1.82, 2.24) is 9.80 Å². The topological polar surface area (TPSA) is 121 Å². The van der Waals surface area contributed by atoms with Gasteiger partial charge in [0.05, 0.1) is 25.7 Å². The molecule has 0 radical (unpaired) electrons. The number of nitrogens with zero attached hydrogens (tertiary/aromatic N) is 2. The second kappa shape index (κ2) is 55.6. The average Bonchev–Trinajstić information content (AvgIpc) is 3.47. The minimum Gasteiger partial charge on any atom is -0.466 e. The van der Waals surface area contributed by atoms with E-state index >= 15 is 0 Å². The molecular weight excluding hydrogens is 1010 g/mol. The first-order valence-corrected chi connectivity index (χ1v) is 35.3. The van der Waals surface area contributed by atoms with Crippen LogP contribution < -0.4 is 0 Å². The molecule has 0 saturated carbocycles. The van der Waals surface area contributed by atoms with Gasteiger partial charge in [0.2, 0.25) is 5.79 Å². The molecule has 0 unspecified atom stereocenters. The highest BCUT2D eigenvalue weighted by atomic mass is 16.7. The van der Waals surface area contributed by atoms with Gasteiger partial charge in [-0.05, 0) is 84.8 Å². The van der Waals surface area contributed by atoms with Gasteiger partial charge >= 0.3 is 23.9 Å². The standard InChI is InChI=1S/C70H134N2O9/c1-8-13-18-23-28-29-30-37-47-60-77-66(73)51-43-39-46-57-72-59-53-64(79-67(74)54-58-71(6)7)62-65(72)69(76)78-61-48-38-31-34-42-52-68(75)81-70(55-44-35-26-21-16-11-4,56-45-36-27-22-17-12-5)80-63(49-40-32-24-19-14-9-2)50-41-33-25-20-15-10-3/h63-65H,8-62H2,1-7H3/t64-,65+/m1/s1. The maximum Gasteiger partial charge on any atom is 0.323 e. The largest absolute Gasteiger partial charge is 0.466 e. The molecule has 1 aliphatic rings. The molecule has 2 atom stereocenters. The summed E-state index contributed by atoms with van der Waals surface area (Å²) in [6.45, 7) is 14.2. The Morgan fingerprint density at radius 1 is 0.457 bits per heavy atom. The number of likely N-dealkylation sites (tertiary alicyclic amines) is 1. The third kappa shape index (κ3) is 45.8. The first-order chi connectivity index (χ1) is 39.5. The SMILES string of the molecule is CCCCCCCCCCCOC(=O)CCCCCN1CC[C@@H](OC(=O)CCN(C)C)C[C@H]1C(=O)OCCCCCCCC(=O)OC(CCCCCCCC)(CCCCCCCC)OC(CCCCCCCC)CCCCCCCC. The van der Waals surface area contributed by atoms with Crippen molar-refractivity contribution in [3.05, 3.63) is 0 Å². The summed E-state index contributed by atoms with van der Waals surface area (Å²) < 4.78 is 31.5. The number of hydrogen-bond acceptors (Lipinski definition) is 11. The molecule has 1 heterocycles. The van der Waals surface area contributed by atoms with Crippen LogP contribution in [0.4, 0.5) is 0 Å². The highest BCUT2D eigenvalue weighted by molar-refractivity contribution is 5.76. The zero-order valence-corrected chi connectivity index (χ0v) is 54.7. The van der Waals surface area contributed by atoms with Crippen LogP contribution in [-0.4, -0.2) is 105 Å². The van der Waals surface area contributed by atoms with Crippen molar-refractivity contribution in [2.75, 3.05) is 46.9 Å². The fourth-order valence-electron chi connectivity index (χ4n) is 11.6. The Morgan fingerprint density at radius 2 is 0.864 bits per heavy atom. The van der Waals surface area contributed by atoms with Gasteiger partial charge in [-0.2, -0.15) is 0 Å². The number of carbonyl (C=O) groups excluding carboxylic acids is 4. The van der Waals surface area contributed by atoms with Crippen LogP contribution in [0.15, 0.2) is 0 Å². The Kier molecular flexibility index (Phi) is 52.7. The molecule has 0 bridgehead atoms. The lowest BCUT2D eigenvalue weighted by Gasteiger charge is -2.37. The molecule has 0 aromatic carbocycles. The third-order valence-corrected chi connectivity index (χ3v) is 16.9. The zero-order valence-electron chi connectivity index (χ0n) is 54.7. The van der Waals surface area contributed by atoms with Crippen LogP contribution >= 0.6 is 0 Å². The van der Waals surface area contributed by atoms with E-state index in [1.54, 1.807) is 0 Å². The van der Waals surface area contributed by atoms with E-state index in [0.29, 0.717) is 58.4 Å². The van der Waals surface area contributed by atoms with Gasteiger partial charge < -0.3 is 28.6 Å². The molecule has 1 aliphatic heterocycles. The van der Waals surface area contributed by atoms with Gasteiger partial charge in [-0.25, -0.2) is 0 Å². The minimum atomic E-state index is -0.852. The molecule has 0 aliphatic carbocycles. The number of carbonyl (C=O) groups is 4. The molecule has 81 heavy (non-hydrogen) atoms. The first-order valence-electron chi connectivity index (χ1n) is 35.3. The predicted octanol–water partition coefficient (Wildman–Crippen LogP) is 19.5. The lowest BCUT2D eigenvalue weighted by Crippen LogP contribution is -2.50. The average molecular weight is 1150 g/mol. The van der Waals surface area contributed by atoms with E-state index in [1.807, 2.05) is 19.0 Å². The van der Waals surface area contributed by atoms with Crippen LogP contribution in [0.3, 0.4) is 0 Å². The van der Waals surface area contributed by atoms with E-state index in [9.17, 15) is 19.2 Å². The lowest BCUT2D eigenvalue weighted by molar-refractivity contribution is -0.259. The first kappa shape index (κ1) is 76.8. The highest BCUT2D eigenvalue weighted by Gasteiger charge is 2.38. The van der Waals surface area contributed by atoms with E-state index in [1.165, 1.54) is 173 Å². The molecule has 0 N–H and O–H groups in total. The van der Waals surface area contributed by atoms with Crippen LogP contribution in [0.1, 0.15) is 356 Å². The number of rotatable bonds is 60. The number of ether oxygens (including phenoxy) is 5. The van der Waals surface area contributed by atoms with Crippen molar-refractivity contribution in [1.29, 1.82) is 0 Å². The van der Waals surface area contributed by atoms with Crippen molar-refractivity contribution in [2.24, 2.45) is 0 Å². The Bertz CT molecular complexity index is 1410. The quantitative estimate of drug-likeness (QED) is 0.0250. The van der Waals surface area contributed by atoms with Crippen molar-refractivity contribution in [3.8, 4) is 0 Å². The monoisotopic (exact) mass is 1150 g/mol. The summed E-state index contributed by atoms with van der Waals surface area (Å²) in [5.41, 5.74) is 0. The Hall–Kier alpha value is -2.24. The number of hydrogen-bond donors (Lipinski definition) is 0. The molecule has 0 aromatic rings. The molecule has 0 aromatic heterocycles. The van der Waals surface area contributed by atoms with Gasteiger partial charge in [-0.15, -0.1) is 0 Å². The molecule has 0 spiro atoms.